The molecule has 0 radical (unpaired) electrons. The zero-order chi connectivity index (χ0) is 25.5. The minimum Gasteiger partial charge on any atom is -0.501 e. The third kappa shape index (κ3) is 18.3. The van der Waals surface area contributed by atoms with Gasteiger partial charge < -0.3 is 15.0 Å². The highest BCUT2D eigenvalue weighted by molar-refractivity contribution is 9.11. The normalized spacial score (nSPS) is 14.6. The molecule has 1 saturated heterocycles. The largest absolute Gasteiger partial charge is 0.501 e. The van der Waals surface area contributed by atoms with Crippen LogP contribution in [0.25, 0.3) is 0 Å². The molecule has 1 rings (SSSR count). The number of likely N-dealkylation sites (tertiary alicyclic amines) is 1. The molecule has 2 amide bonds. The highest BCUT2D eigenvalue weighted by Gasteiger charge is 2.22. The van der Waals surface area contributed by atoms with Crippen molar-refractivity contribution in [3.05, 3.63) is 46.8 Å². The molecule has 0 aromatic carbocycles. The standard InChI is InChI=1S/C16H27BrN2O2.C9H14O.C2H6/c1-3-4-7-10-14(20)18-15(13(2)17)16(21)19-11-8-5-6-9-12-19;1-4-5-6-7-8-9(2)10-3;1-2/h3-12H2,1-2H3,(H,18,20);4,6-8H,1,5H2,2-3H3;1-2H3/b15-13+;7-6?,9-8+;. The number of carbonyl (C=O) groups is 2. The maximum absolute atomic E-state index is 12.6. The maximum atomic E-state index is 12.6. The molecule has 0 unspecified atom stereocenters. The van der Waals surface area contributed by atoms with Crippen LogP contribution in [-0.2, 0) is 14.3 Å². The molecule has 1 aliphatic rings. The van der Waals surface area contributed by atoms with Gasteiger partial charge >= 0.3 is 0 Å². The summed E-state index contributed by atoms with van der Waals surface area (Å²) in [5.41, 5.74) is 0.401. The molecule has 190 valence electrons. The number of ether oxygens (including phenoxy) is 1. The van der Waals surface area contributed by atoms with Gasteiger partial charge in [-0.15, -0.1) is 6.58 Å². The monoisotopic (exact) mass is 526 g/mol. The van der Waals surface area contributed by atoms with Gasteiger partial charge in [-0.05, 0) is 45.6 Å². The zero-order valence-corrected chi connectivity index (χ0v) is 23.4. The molecule has 1 heterocycles. The quantitative estimate of drug-likeness (QED) is 0.106. The summed E-state index contributed by atoms with van der Waals surface area (Å²) in [5, 5.41) is 2.80. The van der Waals surface area contributed by atoms with E-state index < -0.39 is 0 Å². The Hall–Kier alpha value is -1.82. The summed E-state index contributed by atoms with van der Waals surface area (Å²) in [7, 11) is 1.66. The molecule has 0 aliphatic carbocycles. The van der Waals surface area contributed by atoms with Gasteiger partial charge in [0.2, 0.25) is 5.91 Å². The molecule has 0 aromatic rings. The Morgan fingerprint density at radius 1 is 1.09 bits per heavy atom. The Balaban J connectivity index is 0. The van der Waals surface area contributed by atoms with Gasteiger partial charge in [0.15, 0.2) is 0 Å². The van der Waals surface area contributed by atoms with E-state index in [4.69, 9.17) is 4.74 Å². The lowest BCUT2D eigenvalue weighted by Gasteiger charge is -2.22. The Labute approximate surface area is 211 Å². The topological polar surface area (TPSA) is 58.6 Å². The van der Waals surface area contributed by atoms with E-state index in [9.17, 15) is 9.59 Å². The Bertz CT molecular complexity index is 627. The van der Waals surface area contributed by atoms with E-state index in [1.165, 1.54) is 12.8 Å². The molecule has 0 bridgehead atoms. The number of methoxy groups -OCH3 is 1. The van der Waals surface area contributed by atoms with Crippen LogP contribution in [-0.4, -0.2) is 36.9 Å². The zero-order valence-electron chi connectivity index (χ0n) is 21.8. The SMILES string of the molecule is C=CCC=C/C=C(\C)OC.CC.CCCCCC(=O)N/C(C(=O)N1CCCCCC1)=C(\C)Br. The lowest BCUT2D eigenvalue weighted by Crippen LogP contribution is -2.39. The molecule has 1 aliphatic heterocycles. The second kappa shape index (κ2) is 23.3. The van der Waals surface area contributed by atoms with Crippen molar-refractivity contribution >= 4 is 27.7 Å². The molecule has 6 heteroatoms. The summed E-state index contributed by atoms with van der Waals surface area (Å²) in [5.74, 6) is 0.788. The van der Waals surface area contributed by atoms with Crippen LogP contribution in [0.4, 0.5) is 0 Å². The summed E-state index contributed by atoms with van der Waals surface area (Å²) in [6, 6.07) is 0. The van der Waals surface area contributed by atoms with Gasteiger partial charge in [-0.3, -0.25) is 9.59 Å². The summed E-state index contributed by atoms with van der Waals surface area (Å²) in [6.07, 6.45) is 16.6. The highest BCUT2D eigenvalue weighted by Crippen LogP contribution is 2.16. The van der Waals surface area contributed by atoms with Crippen LogP contribution in [0, 0.1) is 0 Å². The number of rotatable bonds is 10. The minimum atomic E-state index is -0.0691. The Morgan fingerprint density at radius 2 is 1.70 bits per heavy atom. The van der Waals surface area contributed by atoms with E-state index >= 15 is 0 Å². The third-order valence-electron chi connectivity index (χ3n) is 4.82. The van der Waals surface area contributed by atoms with Gasteiger partial charge in [0.05, 0.1) is 12.9 Å². The fraction of sp³-hybridized carbons (Fsp3) is 0.630. The van der Waals surface area contributed by atoms with Gasteiger partial charge in [-0.1, -0.05) is 80.6 Å². The number of nitrogens with one attached hydrogen (secondary N) is 1. The molecule has 0 saturated carbocycles. The number of nitrogens with zero attached hydrogens (tertiary/aromatic N) is 1. The van der Waals surface area contributed by atoms with Crippen molar-refractivity contribution in [2.24, 2.45) is 0 Å². The van der Waals surface area contributed by atoms with E-state index in [1.807, 2.05) is 50.0 Å². The smallest absolute Gasteiger partial charge is 0.271 e. The van der Waals surface area contributed by atoms with Gasteiger partial charge in [-0.25, -0.2) is 0 Å². The molecule has 0 aromatic heterocycles. The number of hydrogen-bond acceptors (Lipinski definition) is 3. The molecule has 0 spiro atoms. The predicted molar refractivity (Wildman–Crippen MR) is 145 cm³/mol. The van der Waals surface area contributed by atoms with E-state index in [0.29, 0.717) is 16.6 Å². The van der Waals surface area contributed by atoms with Crippen LogP contribution >= 0.6 is 15.9 Å². The van der Waals surface area contributed by atoms with Crippen LogP contribution < -0.4 is 5.32 Å². The van der Waals surface area contributed by atoms with Crippen molar-refractivity contribution in [2.45, 2.75) is 92.4 Å². The summed E-state index contributed by atoms with van der Waals surface area (Å²) < 4.78 is 5.61. The average molecular weight is 528 g/mol. The summed E-state index contributed by atoms with van der Waals surface area (Å²) >= 11 is 3.36. The molecule has 5 nitrogen and oxygen atoms in total. The predicted octanol–water partition coefficient (Wildman–Crippen LogP) is 7.41. The first-order chi connectivity index (χ1) is 15.9. The van der Waals surface area contributed by atoms with Crippen molar-refractivity contribution in [1.82, 2.24) is 10.2 Å². The number of amides is 2. The molecule has 1 N–H and O–H groups in total. The van der Waals surface area contributed by atoms with Crippen molar-refractivity contribution in [3.8, 4) is 0 Å². The highest BCUT2D eigenvalue weighted by atomic mass is 79.9. The van der Waals surface area contributed by atoms with Gasteiger partial charge in [0, 0.05) is 24.0 Å². The molecule has 33 heavy (non-hydrogen) atoms. The Kier molecular flexibility index (Phi) is 23.6. The van der Waals surface area contributed by atoms with Crippen LogP contribution in [0.3, 0.4) is 0 Å². The number of halogens is 1. The number of unbranched alkanes of at least 4 members (excludes halogenated alkanes) is 2. The van der Waals surface area contributed by atoms with E-state index in [2.05, 4.69) is 34.7 Å². The van der Waals surface area contributed by atoms with Crippen LogP contribution in [0.2, 0.25) is 0 Å². The molecule has 0 atom stereocenters. The van der Waals surface area contributed by atoms with E-state index in [1.54, 1.807) is 14.0 Å². The van der Waals surface area contributed by atoms with Crippen LogP contribution in [0.15, 0.2) is 46.8 Å². The first kappa shape index (κ1) is 33.4. The van der Waals surface area contributed by atoms with Crippen molar-refractivity contribution in [1.29, 1.82) is 0 Å². The van der Waals surface area contributed by atoms with Crippen LogP contribution in [0.5, 0.6) is 0 Å². The number of allylic oxidation sites excluding steroid dienone is 6. The molecular formula is C27H47BrN2O3. The second-order valence-electron chi connectivity index (χ2n) is 7.55. The van der Waals surface area contributed by atoms with E-state index in [-0.39, 0.29) is 11.8 Å². The van der Waals surface area contributed by atoms with E-state index in [0.717, 1.165) is 57.4 Å². The Morgan fingerprint density at radius 3 is 2.18 bits per heavy atom. The summed E-state index contributed by atoms with van der Waals surface area (Å²) in [4.78, 5) is 26.4. The van der Waals surface area contributed by atoms with Crippen LogP contribution in [0.1, 0.15) is 92.4 Å². The number of carbonyl (C=O) groups excluding carboxylic acids is 2. The molecular weight excluding hydrogens is 480 g/mol. The van der Waals surface area contributed by atoms with Gasteiger partial charge in [-0.2, -0.15) is 0 Å². The van der Waals surface area contributed by atoms with Crippen molar-refractivity contribution in [3.63, 3.8) is 0 Å². The van der Waals surface area contributed by atoms with Crippen molar-refractivity contribution in [2.75, 3.05) is 20.2 Å². The lowest BCUT2D eigenvalue weighted by molar-refractivity contribution is -0.129. The average Bonchev–Trinajstić information content (AvgIpc) is 3.11. The molecule has 1 fully saturated rings. The fourth-order valence-corrected chi connectivity index (χ4v) is 3.17. The number of hydrogen-bond donors (Lipinski definition) is 1. The minimum absolute atomic E-state index is 0.0601. The maximum Gasteiger partial charge on any atom is 0.271 e. The first-order valence-corrected chi connectivity index (χ1v) is 13.1. The first-order valence-electron chi connectivity index (χ1n) is 12.3. The third-order valence-corrected chi connectivity index (χ3v) is 5.21. The lowest BCUT2D eigenvalue weighted by atomic mass is 10.2. The van der Waals surface area contributed by atoms with Crippen molar-refractivity contribution < 1.29 is 14.3 Å². The second-order valence-corrected chi connectivity index (χ2v) is 8.74. The van der Waals surface area contributed by atoms with Gasteiger partial charge in [0.1, 0.15) is 5.70 Å². The fourth-order valence-electron chi connectivity index (χ4n) is 2.90. The van der Waals surface area contributed by atoms with Gasteiger partial charge in [0.25, 0.3) is 5.91 Å². The summed E-state index contributed by atoms with van der Waals surface area (Å²) in [6.45, 7) is 15.0.